The Morgan fingerprint density at radius 3 is 2.36 bits per heavy atom. The smallest absolute Gasteiger partial charge is 0.410 e. The second kappa shape index (κ2) is 6.69. The van der Waals surface area contributed by atoms with Crippen molar-refractivity contribution >= 4 is 6.09 Å². The Kier molecular flexibility index (Phi) is 5.12. The third-order valence-electron chi connectivity index (χ3n) is 3.97. The lowest BCUT2D eigenvalue weighted by Crippen LogP contribution is -2.58. The summed E-state index contributed by atoms with van der Waals surface area (Å²) in [5, 5.41) is 0. The van der Waals surface area contributed by atoms with Gasteiger partial charge >= 0.3 is 6.09 Å². The van der Waals surface area contributed by atoms with Gasteiger partial charge in [-0.1, -0.05) is 30.3 Å². The van der Waals surface area contributed by atoms with Gasteiger partial charge in [-0.05, 0) is 40.2 Å². The lowest BCUT2D eigenvalue weighted by atomic mass is 10.1. The summed E-state index contributed by atoms with van der Waals surface area (Å²) < 4.78 is 5.52. The molecule has 0 aliphatic carbocycles. The van der Waals surface area contributed by atoms with Gasteiger partial charge < -0.3 is 9.64 Å². The number of benzene rings is 1. The van der Waals surface area contributed by atoms with Crippen molar-refractivity contribution in [2.24, 2.45) is 0 Å². The van der Waals surface area contributed by atoms with Crippen LogP contribution in [0.2, 0.25) is 0 Å². The van der Waals surface area contributed by atoms with Crippen molar-refractivity contribution in [1.29, 1.82) is 0 Å². The first-order valence-corrected chi connectivity index (χ1v) is 8.04. The van der Waals surface area contributed by atoms with E-state index in [0.29, 0.717) is 12.6 Å². The van der Waals surface area contributed by atoms with Crippen molar-refractivity contribution in [3.63, 3.8) is 0 Å². The lowest BCUT2D eigenvalue weighted by molar-refractivity contribution is -0.0117. The van der Waals surface area contributed by atoms with Crippen LogP contribution in [0.25, 0.3) is 0 Å². The zero-order chi connectivity index (χ0) is 16.3. The maximum atomic E-state index is 12.3. The normalized spacial score (nSPS) is 23.4. The molecule has 2 atom stereocenters. The van der Waals surface area contributed by atoms with Crippen LogP contribution in [-0.2, 0) is 11.3 Å². The summed E-state index contributed by atoms with van der Waals surface area (Å²) in [5.41, 5.74) is 0.869. The highest BCUT2D eigenvalue weighted by atomic mass is 16.6. The van der Waals surface area contributed by atoms with Gasteiger partial charge in [-0.2, -0.15) is 0 Å². The largest absolute Gasteiger partial charge is 0.444 e. The zero-order valence-corrected chi connectivity index (χ0v) is 14.4. The van der Waals surface area contributed by atoms with Crippen LogP contribution < -0.4 is 0 Å². The van der Waals surface area contributed by atoms with Crippen molar-refractivity contribution in [3.8, 4) is 0 Å². The van der Waals surface area contributed by atoms with Crippen molar-refractivity contribution in [3.05, 3.63) is 35.9 Å². The molecule has 0 unspecified atom stereocenters. The van der Waals surface area contributed by atoms with Crippen molar-refractivity contribution in [1.82, 2.24) is 9.80 Å². The third kappa shape index (κ3) is 4.47. The lowest BCUT2D eigenvalue weighted by Gasteiger charge is -2.44. The number of carbonyl (C=O) groups is 1. The van der Waals surface area contributed by atoms with Gasteiger partial charge in [-0.15, -0.1) is 0 Å². The van der Waals surface area contributed by atoms with Gasteiger partial charge in [0.1, 0.15) is 5.60 Å². The number of hydrogen-bond donors (Lipinski definition) is 0. The Morgan fingerprint density at radius 2 is 1.77 bits per heavy atom. The van der Waals surface area contributed by atoms with E-state index in [1.54, 1.807) is 0 Å². The van der Waals surface area contributed by atoms with Crippen molar-refractivity contribution < 1.29 is 9.53 Å². The Labute approximate surface area is 134 Å². The Hall–Kier alpha value is -1.55. The molecule has 4 heteroatoms. The highest BCUT2D eigenvalue weighted by molar-refractivity contribution is 5.68. The molecular formula is C18H28N2O2. The molecule has 1 aromatic carbocycles. The van der Waals surface area contributed by atoms with E-state index in [-0.39, 0.29) is 12.1 Å². The van der Waals surface area contributed by atoms with E-state index in [1.807, 2.05) is 31.7 Å². The van der Waals surface area contributed by atoms with Gasteiger partial charge in [0, 0.05) is 31.7 Å². The van der Waals surface area contributed by atoms with Crippen molar-refractivity contribution in [2.45, 2.75) is 58.8 Å². The zero-order valence-electron chi connectivity index (χ0n) is 14.4. The summed E-state index contributed by atoms with van der Waals surface area (Å²) in [6.45, 7) is 12.5. The Bertz CT molecular complexity index is 496. The molecule has 122 valence electrons. The van der Waals surface area contributed by atoms with E-state index in [4.69, 9.17) is 4.74 Å². The summed E-state index contributed by atoms with van der Waals surface area (Å²) in [7, 11) is 0. The molecule has 1 saturated heterocycles. The first-order chi connectivity index (χ1) is 10.3. The topological polar surface area (TPSA) is 32.8 Å². The number of amides is 1. The highest BCUT2D eigenvalue weighted by Crippen LogP contribution is 2.20. The molecule has 0 saturated carbocycles. The molecule has 4 nitrogen and oxygen atoms in total. The van der Waals surface area contributed by atoms with Crippen LogP contribution in [0.15, 0.2) is 30.3 Å². The average molecular weight is 304 g/mol. The molecule has 0 bridgehead atoms. The van der Waals surface area contributed by atoms with Gasteiger partial charge in [-0.3, -0.25) is 4.90 Å². The first kappa shape index (κ1) is 16.8. The monoisotopic (exact) mass is 304 g/mol. The average Bonchev–Trinajstić information content (AvgIpc) is 2.41. The number of rotatable bonds is 2. The van der Waals surface area contributed by atoms with Crippen LogP contribution in [0, 0.1) is 0 Å². The quantitative estimate of drug-likeness (QED) is 0.838. The fourth-order valence-electron chi connectivity index (χ4n) is 2.81. The molecule has 1 aliphatic rings. The maximum Gasteiger partial charge on any atom is 0.410 e. The van der Waals surface area contributed by atoms with Crippen LogP contribution >= 0.6 is 0 Å². The van der Waals surface area contributed by atoms with Crippen molar-refractivity contribution in [2.75, 3.05) is 13.1 Å². The predicted octanol–water partition coefficient (Wildman–Crippen LogP) is 3.52. The Balaban J connectivity index is 1.98. The van der Waals surface area contributed by atoms with E-state index in [2.05, 4.69) is 43.0 Å². The van der Waals surface area contributed by atoms with E-state index < -0.39 is 5.60 Å². The fourth-order valence-corrected chi connectivity index (χ4v) is 2.81. The Morgan fingerprint density at radius 1 is 1.14 bits per heavy atom. The van der Waals surface area contributed by atoms with Crippen LogP contribution in [0.5, 0.6) is 0 Å². The molecule has 0 spiro atoms. The minimum absolute atomic E-state index is 0.162. The molecule has 0 aromatic heterocycles. The molecular weight excluding hydrogens is 276 g/mol. The van der Waals surface area contributed by atoms with Crippen LogP contribution in [0.1, 0.15) is 40.2 Å². The molecule has 1 fully saturated rings. The SMILES string of the molecule is C[C@@H]1CN(C(=O)OC(C)(C)C)[C@H](C)CN1Cc1ccccc1. The van der Waals surface area contributed by atoms with Crippen LogP contribution in [0.4, 0.5) is 4.79 Å². The van der Waals surface area contributed by atoms with E-state index in [9.17, 15) is 4.79 Å². The summed E-state index contributed by atoms with van der Waals surface area (Å²) >= 11 is 0. The van der Waals surface area contributed by atoms with E-state index in [1.165, 1.54) is 5.56 Å². The predicted molar refractivity (Wildman–Crippen MR) is 88.7 cm³/mol. The standard InChI is InChI=1S/C18H28N2O2/c1-14-12-20(17(21)22-18(3,4)5)15(2)11-19(14)13-16-9-7-6-8-10-16/h6-10,14-15H,11-13H2,1-5H3/t14-,15-/m1/s1. The number of piperazine rings is 1. The van der Waals surface area contributed by atoms with E-state index >= 15 is 0 Å². The first-order valence-electron chi connectivity index (χ1n) is 8.04. The van der Waals surface area contributed by atoms with Gasteiger partial charge in [0.25, 0.3) is 0 Å². The fraction of sp³-hybridized carbons (Fsp3) is 0.611. The second-order valence-electron chi connectivity index (χ2n) is 7.25. The maximum absolute atomic E-state index is 12.3. The number of carbonyl (C=O) groups excluding carboxylic acids is 1. The van der Waals surface area contributed by atoms with Gasteiger partial charge in [0.2, 0.25) is 0 Å². The molecule has 1 aromatic rings. The molecule has 1 aliphatic heterocycles. The summed E-state index contributed by atoms with van der Waals surface area (Å²) in [6, 6.07) is 11.0. The summed E-state index contributed by atoms with van der Waals surface area (Å²) in [4.78, 5) is 16.6. The van der Waals surface area contributed by atoms with Crippen LogP contribution in [-0.4, -0.2) is 46.7 Å². The van der Waals surface area contributed by atoms with Crippen LogP contribution in [0.3, 0.4) is 0 Å². The molecule has 2 rings (SSSR count). The second-order valence-corrected chi connectivity index (χ2v) is 7.25. The van der Waals surface area contributed by atoms with E-state index in [0.717, 1.165) is 13.1 Å². The molecule has 1 heterocycles. The highest BCUT2D eigenvalue weighted by Gasteiger charge is 2.34. The minimum atomic E-state index is -0.443. The summed E-state index contributed by atoms with van der Waals surface area (Å²) in [5.74, 6) is 0. The molecule has 1 amide bonds. The summed E-state index contributed by atoms with van der Waals surface area (Å²) in [6.07, 6.45) is -0.203. The molecule has 0 N–H and O–H groups in total. The molecule has 0 radical (unpaired) electrons. The third-order valence-corrected chi connectivity index (χ3v) is 3.97. The van der Waals surface area contributed by atoms with Gasteiger partial charge in [-0.25, -0.2) is 4.79 Å². The van der Waals surface area contributed by atoms with Gasteiger partial charge in [0.05, 0.1) is 0 Å². The minimum Gasteiger partial charge on any atom is -0.444 e. The number of ether oxygens (including phenoxy) is 1. The molecule has 22 heavy (non-hydrogen) atoms. The van der Waals surface area contributed by atoms with Gasteiger partial charge in [0.15, 0.2) is 0 Å². The number of hydrogen-bond acceptors (Lipinski definition) is 3. The number of nitrogens with zero attached hydrogens (tertiary/aromatic N) is 2.